The number of aromatic nitrogens is 1. The summed E-state index contributed by atoms with van der Waals surface area (Å²) in [6.07, 6.45) is 1.15. The first-order valence-corrected chi connectivity index (χ1v) is 4.88. The molecule has 6 nitrogen and oxygen atoms in total. The van der Waals surface area contributed by atoms with Gasteiger partial charge in [0.2, 0.25) is 0 Å². The summed E-state index contributed by atoms with van der Waals surface area (Å²) >= 11 is 0. The molecule has 6 heteroatoms. The molecule has 0 bridgehead atoms. The summed E-state index contributed by atoms with van der Waals surface area (Å²) in [7, 11) is 0. The number of nitrogens with two attached hydrogens (primary N) is 1. The zero-order chi connectivity index (χ0) is 12.0. The first-order valence-electron chi connectivity index (χ1n) is 4.88. The molecule has 0 atom stereocenters. The van der Waals surface area contributed by atoms with Crippen molar-refractivity contribution in [3.05, 3.63) is 40.6 Å². The molecule has 0 radical (unpaired) electrons. The first kappa shape index (κ1) is 9.59. The van der Waals surface area contributed by atoms with Crippen LogP contribution in [0.15, 0.2) is 34.9 Å². The van der Waals surface area contributed by atoms with Gasteiger partial charge in [-0.05, 0) is 12.1 Å². The number of hydrogen-bond donors (Lipinski definition) is 1. The van der Waals surface area contributed by atoms with Crippen molar-refractivity contribution in [1.82, 2.24) is 4.98 Å². The monoisotopic (exact) mass is 229 g/mol. The number of nitro groups is 1. The predicted octanol–water partition coefficient (Wildman–Crippen LogP) is 2.47. The van der Waals surface area contributed by atoms with E-state index in [2.05, 4.69) is 4.98 Å². The van der Waals surface area contributed by atoms with Gasteiger partial charge in [-0.2, -0.15) is 0 Å². The van der Waals surface area contributed by atoms with E-state index in [0.29, 0.717) is 11.1 Å². The summed E-state index contributed by atoms with van der Waals surface area (Å²) in [5.74, 6) is 0. The number of hydrogen-bond acceptors (Lipinski definition) is 5. The normalized spacial score (nSPS) is 11.1. The van der Waals surface area contributed by atoms with Crippen molar-refractivity contribution >= 4 is 33.4 Å². The molecular formula is C11H7N3O3. The Balaban J connectivity index is 2.48. The highest BCUT2D eigenvalue weighted by atomic mass is 16.6. The van der Waals surface area contributed by atoms with E-state index >= 15 is 0 Å². The lowest BCUT2D eigenvalue weighted by Crippen LogP contribution is -1.96. The fourth-order valence-electron chi connectivity index (χ4n) is 1.80. The number of anilines is 1. The number of para-hydroxylation sites is 1. The maximum absolute atomic E-state index is 10.7. The highest BCUT2D eigenvalue weighted by molar-refractivity contribution is 6.07. The Bertz CT molecular complexity index is 748. The molecule has 0 aliphatic rings. The molecular weight excluding hydrogens is 222 g/mol. The van der Waals surface area contributed by atoms with Crippen LogP contribution in [0, 0.1) is 10.1 Å². The number of rotatable bonds is 1. The molecule has 3 aromatic rings. The van der Waals surface area contributed by atoms with Crippen LogP contribution >= 0.6 is 0 Å². The van der Waals surface area contributed by atoms with E-state index in [1.165, 1.54) is 0 Å². The molecule has 2 N–H and O–H groups in total. The van der Waals surface area contributed by atoms with Gasteiger partial charge in [0.15, 0.2) is 11.3 Å². The average Bonchev–Trinajstić information content (AvgIpc) is 2.69. The van der Waals surface area contributed by atoms with E-state index < -0.39 is 4.92 Å². The fourth-order valence-corrected chi connectivity index (χ4v) is 1.80. The molecule has 0 saturated carbocycles. The van der Waals surface area contributed by atoms with Crippen LogP contribution in [0.25, 0.3) is 22.1 Å². The Hall–Kier alpha value is -2.63. The summed E-state index contributed by atoms with van der Waals surface area (Å²) < 4.78 is 5.48. The Kier molecular flexibility index (Phi) is 1.79. The van der Waals surface area contributed by atoms with Gasteiger partial charge in [0, 0.05) is 5.39 Å². The molecule has 0 unspecified atom stereocenters. The van der Waals surface area contributed by atoms with Gasteiger partial charge >= 0.3 is 5.69 Å². The summed E-state index contributed by atoms with van der Waals surface area (Å²) in [6, 6.07) is 7.26. The van der Waals surface area contributed by atoms with Gasteiger partial charge in [-0.3, -0.25) is 10.1 Å². The second-order valence-corrected chi connectivity index (χ2v) is 3.59. The SMILES string of the molecule is Nc1c([N+](=O)[O-])cnc2c1oc1ccccc12. The molecule has 0 spiro atoms. The Morgan fingerprint density at radius 3 is 2.88 bits per heavy atom. The smallest absolute Gasteiger partial charge is 0.314 e. The molecule has 0 fully saturated rings. The van der Waals surface area contributed by atoms with E-state index in [4.69, 9.17) is 10.2 Å². The van der Waals surface area contributed by atoms with Crippen molar-refractivity contribution in [2.24, 2.45) is 0 Å². The van der Waals surface area contributed by atoms with Gasteiger partial charge in [-0.1, -0.05) is 12.1 Å². The first-order chi connectivity index (χ1) is 8.18. The molecule has 0 aliphatic carbocycles. The molecule has 0 amide bonds. The predicted molar refractivity (Wildman–Crippen MR) is 62.6 cm³/mol. The molecule has 2 heterocycles. The van der Waals surface area contributed by atoms with Crippen molar-refractivity contribution in [1.29, 1.82) is 0 Å². The van der Waals surface area contributed by atoms with Gasteiger partial charge in [-0.25, -0.2) is 4.98 Å². The highest BCUT2D eigenvalue weighted by Gasteiger charge is 2.19. The Labute approximate surface area is 94.8 Å². The van der Waals surface area contributed by atoms with Gasteiger partial charge < -0.3 is 10.2 Å². The lowest BCUT2D eigenvalue weighted by atomic mass is 10.2. The highest BCUT2D eigenvalue weighted by Crippen LogP contribution is 2.34. The largest absolute Gasteiger partial charge is 0.452 e. The van der Waals surface area contributed by atoms with Crippen molar-refractivity contribution in [2.45, 2.75) is 0 Å². The standard InChI is InChI=1S/C11H7N3O3/c12-9-7(14(15)16)5-13-10-6-3-1-2-4-8(6)17-11(9)10/h1-5H,(H2,12,13). The van der Waals surface area contributed by atoms with Crippen LogP contribution in [0.3, 0.4) is 0 Å². The average molecular weight is 229 g/mol. The lowest BCUT2D eigenvalue weighted by Gasteiger charge is -1.95. The summed E-state index contributed by atoms with van der Waals surface area (Å²) in [5.41, 5.74) is 6.90. The van der Waals surface area contributed by atoms with Crippen molar-refractivity contribution in [2.75, 3.05) is 5.73 Å². The van der Waals surface area contributed by atoms with E-state index in [1.807, 2.05) is 18.2 Å². The van der Waals surface area contributed by atoms with Crippen LogP contribution in [-0.2, 0) is 0 Å². The number of nitrogens with zero attached hydrogens (tertiary/aromatic N) is 2. The minimum Gasteiger partial charge on any atom is -0.452 e. The third-order valence-electron chi connectivity index (χ3n) is 2.60. The van der Waals surface area contributed by atoms with Crippen molar-refractivity contribution < 1.29 is 9.34 Å². The topological polar surface area (TPSA) is 95.2 Å². The molecule has 3 rings (SSSR count). The van der Waals surface area contributed by atoms with E-state index in [1.54, 1.807) is 6.07 Å². The van der Waals surface area contributed by atoms with Crippen LogP contribution in [0.2, 0.25) is 0 Å². The van der Waals surface area contributed by atoms with Crippen LogP contribution in [0.1, 0.15) is 0 Å². The molecule has 2 aromatic heterocycles. The summed E-state index contributed by atoms with van der Waals surface area (Å²) in [4.78, 5) is 14.2. The van der Waals surface area contributed by atoms with E-state index in [9.17, 15) is 10.1 Å². The minimum absolute atomic E-state index is 0.0104. The number of fused-ring (bicyclic) bond motifs is 3. The second-order valence-electron chi connectivity index (χ2n) is 3.59. The van der Waals surface area contributed by atoms with Gasteiger partial charge in [-0.15, -0.1) is 0 Å². The van der Waals surface area contributed by atoms with Gasteiger partial charge in [0.05, 0.1) is 4.92 Å². The van der Waals surface area contributed by atoms with Crippen LogP contribution in [0.5, 0.6) is 0 Å². The zero-order valence-electron chi connectivity index (χ0n) is 8.58. The quantitative estimate of drug-likeness (QED) is 0.510. The molecule has 17 heavy (non-hydrogen) atoms. The summed E-state index contributed by atoms with van der Waals surface area (Å²) in [6.45, 7) is 0. The summed E-state index contributed by atoms with van der Waals surface area (Å²) in [5, 5.41) is 11.5. The van der Waals surface area contributed by atoms with Crippen LogP contribution in [0.4, 0.5) is 11.4 Å². The number of pyridine rings is 1. The molecule has 0 aliphatic heterocycles. The van der Waals surface area contributed by atoms with E-state index in [-0.39, 0.29) is 17.0 Å². The molecule has 0 saturated heterocycles. The van der Waals surface area contributed by atoms with Gasteiger partial charge in [0.25, 0.3) is 0 Å². The van der Waals surface area contributed by atoms with Crippen LogP contribution in [-0.4, -0.2) is 9.91 Å². The number of nitrogen functional groups attached to an aromatic ring is 1. The van der Waals surface area contributed by atoms with E-state index in [0.717, 1.165) is 11.6 Å². The fraction of sp³-hybridized carbons (Fsp3) is 0. The number of benzene rings is 1. The Morgan fingerprint density at radius 1 is 1.35 bits per heavy atom. The second kappa shape index (κ2) is 3.18. The third-order valence-corrected chi connectivity index (χ3v) is 2.60. The zero-order valence-corrected chi connectivity index (χ0v) is 8.58. The molecule has 84 valence electrons. The Morgan fingerprint density at radius 2 is 2.12 bits per heavy atom. The number of furan rings is 1. The molecule has 1 aromatic carbocycles. The van der Waals surface area contributed by atoms with Gasteiger partial charge in [0.1, 0.15) is 17.3 Å². The van der Waals surface area contributed by atoms with Crippen LogP contribution < -0.4 is 5.73 Å². The van der Waals surface area contributed by atoms with Crippen molar-refractivity contribution in [3.63, 3.8) is 0 Å². The maximum atomic E-state index is 10.7. The van der Waals surface area contributed by atoms with Crippen molar-refractivity contribution in [3.8, 4) is 0 Å². The maximum Gasteiger partial charge on any atom is 0.314 e. The lowest BCUT2D eigenvalue weighted by molar-refractivity contribution is -0.384. The minimum atomic E-state index is -0.574. The third kappa shape index (κ3) is 1.24.